The van der Waals surface area contributed by atoms with Crippen molar-refractivity contribution < 1.29 is 9.47 Å². The van der Waals surface area contributed by atoms with E-state index in [0.29, 0.717) is 13.0 Å². The molecule has 0 amide bonds. The quantitative estimate of drug-likeness (QED) is 0.0786. The molecule has 3 heteroatoms. The number of nitrogens with zero attached hydrogens (tertiary/aromatic N) is 1. The summed E-state index contributed by atoms with van der Waals surface area (Å²) in [5.74, 6) is 0. The highest BCUT2D eigenvalue weighted by Crippen LogP contribution is 2.18. The van der Waals surface area contributed by atoms with Gasteiger partial charge in [0.1, 0.15) is 0 Å². The summed E-state index contributed by atoms with van der Waals surface area (Å²) in [4.78, 5) is 0. The van der Waals surface area contributed by atoms with Gasteiger partial charge in [0.2, 0.25) is 0 Å². The summed E-state index contributed by atoms with van der Waals surface area (Å²) in [5, 5.41) is 8.67. The largest absolute Gasteiger partial charge is 0.353 e. The molecule has 0 aliphatic carbocycles. The Morgan fingerprint density at radius 1 is 0.565 bits per heavy atom. The highest BCUT2D eigenvalue weighted by Gasteiger charge is 2.12. The minimum Gasteiger partial charge on any atom is -0.353 e. The third-order valence-electron chi connectivity index (χ3n) is 8.90. The van der Waals surface area contributed by atoms with Crippen LogP contribution >= 0.6 is 0 Å². The summed E-state index contributed by atoms with van der Waals surface area (Å²) < 4.78 is 11.5. The second-order valence-corrected chi connectivity index (χ2v) is 13.7. The van der Waals surface area contributed by atoms with E-state index in [4.69, 9.17) is 14.7 Å². The zero-order valence-electron chi connectivity index (χ0n) is 31.0. The molecule has 1 aliphatic rings. The van der Waals surface area contributed by atoms with E-state index < -0.39 is 0 Å². The standard InChI is InChI=1S/C43H69NO2/c1-36(18-8-10-33-44)19-12-20-37(2)21-13-22-38(3)23-14-24-39(4)25-15-26-40(5)27-16-28-41(6)29-17-30-42(7)32-35-46-43-31-9-11-34-45-43/h19,21,23,25,27,29,32,43H,8-18,20,22,24,26,28,30-31,34-35H2,1-7H3/b36-19+,37-21+,38-23+,39-25+,40-27+,41-29+,42-32+. The Morgan fingerprint density at radius 3 is 1.28 bits per heavy atom. The van der Waals surface area contributed by atoms with Gasteiger partial charge in [-0.1, -0.05) is 81.5 Å². The molecular formula is C43H69NO2. The number of hydrogen-bond acceptors (Lipinski definition) is 3. The second-order valence-electron chi connectivity index (χ2n) is 13.7. The Bertz CT molecular complexity index is 1080. The van der Waals surface area contributed by atoms with Crippen LogP contribution in [-0.2, 0) is 9.47 Å². The number of ether oxygens (including phenoxy) is 2. The third kappa shape index (κ3) is 24.8. The fraction of sp³-hybridized carbons (Fsp3) is 0.651. The average Bonchev–Trinajstić information content (AvgIpc) is 3.01. The van der Waals surface area contributed by atoms with Gasteiger partial charge in [0.25, 0.3) is 0 Å². The first-order valence-electron chi connectivity index (χ1n) is 18.4. The monoisotopic (exact) mass is 632 g/mol. The van der Waals surface area contributed by atoms with E-state index in [9.17, 15) is 0 Å². The van der Waals surface area contributed by atoms with Crippen molar-refractivity contribution in [3.63, 3.8) is 0 Å². The van der Waals surface area contributed by atoms with Crippen LogP contribution in [-0.4, -0.2) is 19.5 Å². The van der Waals surface area contributed by atoms with Gasteiger partial charge in [-0.25, -0.2) is 0 Å². The maximum Gasteiger partial charge on any atom is 0.157 e. The van der Waals surface area contributed by atoms with Gasteiger partial charge in [-0.3, -0.25) is 0 Å². The lowest BCUT2D eigenvalue weighted by Crippen LogP contribution is -2.22. The highest BCUT2D eigenvalue weighted by atomic mass is 16.7. The number of hydrogen-bond donors (Lipinski definition) is 0. The van der Waals surface area contributed by atoms with Gasteiger partial charge in [-0.2, -0.15) is 5.26 Å². The summed E-state index contributed by atoms with van der Waals surface area (Å²) in [7, 11) is 0. The Balaban J connectivity index is 2.18. The van der Waals surface area contributed by atoms with Crippen molar-refractivity contribution >= 4 is 0 Å². The zero-order chi connectivity index (χ0) is 33.8. The molecular weight excluding hydrogens is 562 g/mol. The molecule has 0 radical (unpaired) electrons. The molecule has 0 spiro atoms. The van der Waals surface area contributed by atoms with E-state index in [1.807, 2.05) is 0 Å². The molecule has 1 heterocycles. The molecule has 1 saturated heterocycles. The van der Waals surface area contributed by atoms with E-state index in [0.717, 1.165) is 109 Å². The molecule has 1 aliphatic heterocycles. The number of nitriles is 1. The van der Waals surface area contributed by atoms with Crippen molar-refractivity contribution in [1.29, 1.82) is 5.26 Å². The average molecular weight is 632 g/mol. The number of allylic oxidation sites excluding steroid dienone is 13. The summed E-state index contributed by atoms with van der Waals surface area (Å²) in [6, 6.07) is 2.23. The lowest BCUT2D eigenvalue weighted by atomic mass is 10.0. The lowest BCUT2D eigenvalue weighted by Gasteiger charge is -2.22. The van der Waals surface area contributed by atoms with E-state index >= 15 is 0 Å². The lowest BCUT2D eigenvalue weighted by molar-refractivity contribution is -0.155. The van der Waals surface area contributed by atoms with E-state index in [2.05, 4.69) is 97.1 Å². The maximum atomic E-state index is 8.67. The Labute approximate surface area is 285 Å². The molecule has 1 fully saturated rings. The van der Waals surface area contributed by atoms with Gasteiger partial charge >= 0.3 is 0 Å². The van der Waals surface area contributed by atoms with Gasteiger partial charge in [0, 0.05) is 13.0 Å². The molecule has 0 aromatic rings. The van der Waals surface area contributed by atoms with E-state index in [-0.39, 0.29) is 6.29 Å². The highest BCUT2D eigenvalue weighted by molar-refractivity contribution is 5.09. The van der Waals surface area contributed by atoms with Crippen LogP contribution in [0.1, 0.15) is 164 Å². The molecule has 0 aromatic carbocycles. The molecule has 0 bridgehead atoms. The molecule has 3 nitrogen and oxygen atoms in total. The maximum absolute atomic E-state index is 8.67. The van der Waals surface area contributed by atoms with Crippen LogP contribution in [0.3, 0.4) is 0 Å². The van der Waals surface area contributed by atoms with Gasteiger partial charge < -0.3 is 9.47 Å². The van der Waals surface area contributed by atoms with Crippen LogP contribution in [0.5, 0.6) is 0 Å². The molecule has 1 rings (SSSR count). The van der Waals surface area contributed by atoms with Crippen molar-refractivity contribution in [2.45, 2.75) is 170 Å². The smallest absolute Gasteiger partial charge is 0.157 e. The predicted octanol–water partition coefficient (Wildman–Crippen LogP) is 13.5. The van der Waals surface area contributed by atoms with Crippen molar-refractivity contribution in [3.05, 3.63) is 81.5 Å². The van der Waals surface area contributed by atoms with Crippen LogP contribution in [0, 0.1) is 11.3 Å². The minimum atomic E-state index is 0.00295. The summed E-state index contributed by atoms with van der Waals surface area (Å²) in [5.41, 5.74) is 10.3. The second kappa shape index (κ2) is 27.7. The number of rotatable bonds is 24. The van der Waals surface area contributed by atoms with E-state index in [1.165, 1.54) is 45.4 Å². The van der Waals surface area contributed by atoms with Gasteiger partial charge in [0.15, 0.2) is 6.29 Å². The van der Waals surface area contributed by atoms with Crippen molar-refractivity contribution in [2.75, 3.05) is 13.2 Å². The van der Waals surface area contributed by atoms with Crippen LogP contribution in [0.2, 0.25) is 0 Å². The first-order chi connectivity index (χ1) is 22.2. The van der Waals surface area contributed by atoms with Gasteiger partial charge in [0.05, 0.1) is 12.7 Å². The Kier molecular flexibility index (Phi) is 25.0. The van der Waals surface area contributed by atoms with Crippen LogP contribution in [0.15, 0.2) is 81.5 Å². The molecule has 0 aromatic heterocycles. The van der Waals surface area contributed by atoms with Gasteiger partial charge in [-0.05, 0) is 158 Å². The SMILES string of the molecule is C/C(=C\CC/C(C)=C/CC/C(C)=C/CC/C(C)=C/COC1CCCCO1)CC/C=C(\C)CC/C=C(\C)CC/C=C(\C)CCCC#N. The van der Waals surface area contributed by atoms with Crippen molar-refractivity contribution in [2.24, 2.45) is 0 Å². The van der Waals surface area contributed by atoms with Crippen LogP contribution in [0.4, 0.5) is 0 Å². The molecule has 0 N–H and O–H groups in total. The van der Waals surface area contributed by atoms with Crippen molar-refractivity contribution in [3.8, 4) is 6.07 Å². The topological polar surface area (TPSA) is 42.2 Å². The minimum absolute atomic E-state index is 0.00295. The molecule has 0 saturated carbocycles. The summed E-state index contributed by atoms with van der Waals surface area (Å²) in [6.45, 7) is 17.3. The normalized spacial score (nSPS) is 17.9. The van der Waals surface area contributed by atoms with Crippen molar-refractivity contribution in [1.82, 2.24) is 0 Å². The first-order valence-corrected chi connectivity index (χ1v) is 18.4. The number of unbranched alkanes of at least 4 members (excludes halogenated alkanes) is 1. The fourth-order valence-corrected chi connectivity index (χ4v) is 5.58. The van der Waals surface area contributed by atoms with Crippen LogP contribution < -0.4 is 0 Å². The Hall–Kier alpha value is -2.41. The van der Waals surface area contributed by atoms with Gasteiger partial charge in [-0.15, -0.1) is 0 Å². The van der Waals surface area contributed by atoms with E-state index in [1.54, 1.807) is 0 Å². The Morgan fingerprint density at radius 2 is 0.935 bits per heavy atom. The first kappa shape index (κ1) is 41.6. The molecule has 46 heavy (non-hydrogen) atoms. The molecule has 1 atom stereocenters. The van der Waals surface area contributed by atoms with Crippen LogP contribution in [0.25, 0.3) is 0 Å². The third-order valence-corrected chi connectivity index (χ3v) is 8.90. The zero-order valence-corrected chi connectivity index (χ0v) is 31.0. The predicted molar refractivity (Wildman–Crippen MR) is 201 cm³/mol. The summed E-state index contributed by atoms with van der Waals surface area (Å²) in [6.07, 6.45) is 36.5. The molecule has 1 unspecified atom stereocenters. The molecule has 258 valence electrons. The fourth-order valence-electron chi connectivity index (χ4n) is 5.58. The summed E-state index contributed by atoms with van der Waals surface area (Å²) >= 11 is 0.